The summed E-state index contributed by atoms with van der Waals surface area (Å²) in [4.78, 5) is 25.1. The molecule has 3 aromatic carbocycles. The number of rotatable bonds is 5. The van der Waals surface area contributed by atoms with E-state index in [1.165, 1.54) is 0 Å². The lowest BCUT2D eigenvalue weighted by atomic mass is 10.1. The van der Waals surface area contributed by atoms with Crippen LogP contribution in [0, 0.1) is 0 Å². The normalized spacial score (nSPS) is 13.5. The Labute approximate surface area is 188 Å². The van der Waals surface area contributed by atoms with Gasteiger partial charge in [0, 0.05) is 16.8 Å². The third-order valence-corrected chi connectivity index (χ3v) is 5.13. The molecule has 2 heterocycles. The number of amides is 2. The molecule has 9 heteroatoms. The topological polar surface area (TPSA) is 107 Å². The summed E-state index contributed by atoms with van der Waals surface area (Å²) in [6.45, 7) is 2.05. The predicted molar refractivity (Wildman–Crippen MR) is 119 cm³/mol. The zero-order chi connectivity index (χ0) is 22.8. The summed E-state index contributed by atoms with van der Waals surface area (Å²) in [6, 6.07) is 17.1. The van der Waals surface area contributed by atoms with Crippen molar-refractivity contribution in [3.8, 4) is 23.0 Å². The molecule has 5 rings (SSSR count). The van der Waals surface area contributed by atoms with Gasteiger partial charge in [-0.05, 0) is 61.0 Å². The van der Waals surface area contributed by atoms with Gasteiger partial charge in [-0.25, -0.2) is 5.43 Å². The predicted octanol–water partition coefficient (Wildman–Crippen LogP) is 3.55. The Hall–Kier alpha value is -4.53. The molecule has 0 aliphatic carbocycles. The number of anilines is 1. The van der Waals surface area contributed by atoms with Gasteiger partial charge in [0.05, 0.1) is 5.71 Å². The van der Waals surface area contributed by atoms with Crippen LogP contribution in [-0.2, 0) is 0 Å². The fraction of sp³-hybridized carbons (Fsp3) is 0.125. The highest BCUT2D eigenvalue weighted by Gasteiger charge is 2.17. The second-order valence-corrected chi connectivity index (χ2v) is 7.31. The Balaban J connectivity index is 1.25. The SMILES string of the molecule is C/C(=N/NC(=O)c1ccc2c(c1)OCO2)c1cccc(NC(=O)c2ccc3c(c2)OCO3)c1. The van der Waals surface area contributed by atoms with Gasteiger partial charge in [-0.15, -0.1) is 0 Å². The number of fused-ring (bicyclic) bond motifs is 2. The lowest BCUT2D eigenvalue weighted by Gasteiger charge is -2.08. The molecule has 0 saturated carbocycles. The molecule has 2 aliphatic heterocycles. The monoisotopic (exact) mass is 445 g/mol. The fourth-order valence-electron chi connectivity index (χ4n) is 3.36. The first-order valence-electron chi connectivity index (χ1n) is 10.1. The van der Waals surface area contributed by atoms with E-state index in [0.717, 1.165) is 5.56 Å². The first kappa shape index (κ1) is 20.4. The summed E-state index contributed by atoms with van der Waals surface area (Å²) in [5, 5.41) is 7.04. The van der Waals surface area contributed by atoms with Crippen LogP contribution in [-0.4, -0.2) is 31.1 Å². The van der Waals surface area contributed by atoms with Crippen molar-refractivity contribution in [2.45, 2.75) is 6.92 Å². The zero-order valence-electron chi connectivity index (χ0n) is 17.6. The average Bonchev–Trinajstić information content (AvgIpc) is 3.50. The van der Waals surface area contributed by atoms with Crippen LogP contribution in [0.2, 0.25) is 0 Å². The van der Waals surface area contributed by atoms with Gasteiger partial charge in [-0.3, -0.25) is 9.59 Å². The number of benzene rings is 3. The van der Waals surface area contributed by atoms with Crippen LogP contribution in [0.4, 0.5) is 5.69 Å². The molecule has 0 atom stereocenters. The van der Waals surface area contributed by atoms with Crippen molar-refractivity contribution >= 4 is 23.2 Å². The van der Waals surface area contributed by atoms with Crippen molar-refractivity contribution < 1.29 is 28.5 Å². The largest absolute Gasteiger partial charge is 0.454 e. The van der Waals surface area contributed by atoms with Gasteiger partial charge in [-0.1, -0.05) is 12.1 Å². The Morgan fingerprint density at radius 1 is 0.727 bits per heavy atom. The molecular weight excluding hydrogens is 426 g/mol. The van der Waals surface area contributed by atoms with Crippen LogP contribution in [0.5, 0.6) is 23.0 Å². The summed E-state index contributed by atoms with van der Waals surface area (Å²) in [5.41, 5.74) is 5.29. The van der Waals surface area contributed by atoms with Crippen LogP contribution < -0.4 is 29.7 Å². The van der Waals surface area contributed by atoms with E-state index in [1.807, 2.05) is 6.07 Å². The van der Waals surface area contributed by atoms with E-state index in [0.29, 0.717) is 45.5 Å². The Morgan fingerprint density at radius 3 is 2.00 bits per heavy atom. The number of ether oxygens (including phenoxy) is 4. The molecule has 2 aliphatic rings. The third kappa shape index (κ3) is 4.29. The van der Waals surface area contributed by atoms with Crippen molar-refractivity contribution in [2.24, 2.45) is 5.10 Å². The summed E-state index contributed by atoms with van der Waals surface area (Å²) >= 11 is 0. The summed E-state index contributed by atoms with van der Waals surface area (Å²) in [5.74, 6) is 1.62. The molecule has 0 saturated heterocycles. The lowest BCUT2D eigenvalue weighted by molar-refractivity contribution is 0.0953. The third-order valence-electron chi connectivity index (χ3n) is 5.13. The van der Waals surface area contributed by atoms with Crippen LogP contribution in [0.3, 0.4) is 0 Å². The van der Waals surface area contributed by atoms with Crippen molar-refractivity contribution in [1.29, 1.82) is 0 Å². The molecular formula is C24H19N3O6. The molecule has 3 aromatic rings. The quantitative estimate of drug-likeness (QED) is 0.459. The van der Waals surface area contributed by atoms with Gasteiger partial charge in [-0.2, -0.15) is 5.10 Å². The first-order valence-corrected chi connectivity index (χ1v) is 10.1. The molecule has 0 fully saturated rings. The molecule has 2 N–H and O–H groups in total. The second kappa shape index (κ2) is 8.54. The van der Waals surface area contributed by atoms with Crippen LogP contribution in [0.25, 0.3) is 0 Å². The summed E-state index contributed by atoms with van der Waals surface area (Å²) in [6.07, 6.45) is 0. The number of carbonyl (C=O) groups is 2. The Bertz CT molecular complexity index is 1290. The van der Waals surface area contributed by atoms with Crippen LogP contribution in [0.15, 0.2) is 65.8 Å². The van der Waals surface area contributed by atoms with E-state index < -0.39 is 0 Å². The molecule has 0 spiro atoms. The molecule has 0 radical (unpaired) electrons. The maximum atomic E-state index is 12.6. The number of hydrogen-bond acceptors (Lipinski definition) is 7. The van der Waals surface area contributed by atoms with E-state index in [1.54, 1.807) is 61.5 Å². The van der Waals surface area contributed by atoms with E-state index in [9.17, 15) is 9.59 Å². The average molecular weight is 445 g/mol. The standard InChI is InChI=1S/C24H19N3O6/c1-14(26-27-24(29)17-6-8-20-22(11-17)33-13-31-20)15-3-2-4-18(9-15)25-23(28)16-5-7-19-21(10-16)32-12-30-19/h2-11H,12-13H2,1H3,(H,25,28)(H,27,29)/b26-14-. The summed E-state index contributed by atoms with van der Waals surface area (Å²) < 4.78 is 21.1. The van der Waals surface area contributed by atoms with E-state index in [4.69, 9.17) is 18.9 Å². The number of nitrogens with zero attached hydrogens (tertiary/aromatic N) is 1. The molecule has 0 unspecified atom stereocenters. The highest BCUT2D eigenvalue weighted by atomic mass is 16.7. The smallest absolute Gasteiger partial charge is 0.271 e. The van der Waals surface area contributed by atoms with Crippen molar-refractivity contribution in [1.82, 2.24) is 5.43 Å². The molecule has 9 nitrogen and oxygen atoms in total. The number of hydrogen-bond donors (Lipinski definition) is 2. The van der Waals surface area contributed by atoms with E-state index >= 15 is 0 Å². The molecule has 2 amide bonds. The summed E-state index contributed by atoms with van der Waals surface area (Å²) in [7, 11) is 0. The van der Waals surface area contributed by atoms with Crippen molar-refractivity contribution in [2.75, 3.05) is 18.9 Å². The maximum Gasteiger partial charge on any atom is 0.271 e. The zero-order valence-corrected chi connectivity index (χ0v) is 17.6. The maximum absolute atomic E-state index is 12.6. The minimum Gasteiger partial charge on any atom is -0.454 e. The minimum atomic E-state index is -0.375. The molecule has 0 bridgehead atoms. The van der Waals surface area contributed by atoms with Gasteiger partial charge in [0.25, 0.3) is 11.8 Å². The van der Waals surface area contributed by atoms with Gasteiger partial charge in [0.2, 0.25) is 13.6 Å². The van der Waals surface area contributed by atoms with Crippen LogP contribution in [0.1, 0.15) is 33.2 Å². The Kier molecular flexibility index (Phi) is 5.27. The molecule has 166 valence electrons. The highest BCUT2D eigenvalue weighted by molar-refractivity contribution is 6.06. The van der Waals surface area contributed by atoms with Gasteiger partial charge in [0.15, 0.2) is 23.0 Å². The van der Waals surface area contributed by atoms with Gasteiger partial charge < -0.3 is 24.3 Å². The number of hydrazone groups is 1. The second-order valence-electron chi connectivity index (χ2n) is 7.31. The number of carbonyl (C=O) groups excluding carboxylic acids is 2. The molecule has 33 heavy (non-hydrogen) atoms. The highest BCUT2D eigenvalue weighted by Crippen LogP contribution is 2.33. The Morgan fingerprint density at radius 2 is 1.33 bits per heavy atom. The van der Waals surface area contributed by atoms with Crippen molar-refractivity contribution in [3.05, 3.63) is 77.4 Å². The van der Waals surface area contributed by atoms with Crippen LogP contribution >= 0.6 is 0 Å². The lowest BCUT2D eigenvalue weighted by Crippen LogP contribution is -2.19. The molecule has 0 aromatic heterocycles. The minimum absolute atomic E-state index is 0.138. The fourth-order valence-corrected chi connectivity index (χ4v) is 3.36. The van der Waals surface area contributed by atoms with E-state index in [2.05, 4.69) is 15.8 Å². The van der Waals surface area contributed by atoms with Crippen molar-refractivity contribution in [3.63, 3.8) is 0 Å². The first-order chi connectivity index (χ1) is 16.1. The van der Waals surface area contributed by atoms with Gasteiger partial charge in [0.1, 0.15) is 0 Å². The number of nitrogens with one attached hydrogen (secondary N) is 2. The van der Waals surface area contributed by atoms with E-state index in [-0.39, 0.29) is 25.4 Å². The van der Waals surface area contributed by atoms with Gasteiger partial charge >= 0.3 is 0 Å².